The van der Waals surface area contributed by atoms with Gasteiger partial charge >= 0.3 is 0 Å². The lowest BCUT2D eigenvalue weighted by Crippen LogP contribution is -2.18. The molecule has 0 aliphatic carbocycles. The van der Waals surface area contributed by atoms with Gasteiger partial charge < -0.3 is 15.2 Å². The van der Waals surface area contributed by atoms with Gasteiger partial charge in [0, 0.05) is 16.9 Å². The molecule has 4 heteroatoms. The fourth-order valence-electron chi connectivity index (χ4n) is 1.87. The Morgan fingerprint density at radius 1 is 1.21 bits per heavy atom. The van der Waals surface area contributed by atoms with Crippen molar-refractivity contribution >= 4 is 11.8 Å². The van der Waals surface area contributed by atoms with Crippen molar-refractivity contribution < 1.29 is 9.47 Å². The Hall–Kier alpha value is -0.870. The lowest BCUT2D eigenvalue weighted by Gasteiger charge is -2.18. The summed E-state index contributed by atoms with van der Waals surface area (Å²) < 4.78 is 11.0. The van der Waals surface area contributed by atoms with E-state index in [-0.39, 0.29) is 6.04 Å². The van der Waals surface area contributed by atoms with E-state index >= 15 is 0 Å². The lowest BCUT2D eigenvalue weighted by molar-refractivity contribution is 0.388. The van der Waals surface area contributed by atoms with Crippen LogP contribution < -0.4 is 15.2 Å². The van der Waals surface area contributed by atoms with Crippen LogP contribution in [0, 0.1) is 0 Å². The van der Waals surface area contributed by atoms with Crippen LogP contribution in [0.25, 0.3) is 0 Å². The van der Waals surface area contributed by atoms with Gasteiger partial charge in [-0.1, -0.05) is 13.8 Å². The Morgan fingerprint density at radius 2 is 1.89 bits per heavy atom. The summed E-state index contributed by atoms with van der Waals surface area (Å²) in [5.41, 5.74) is 7.03. The van der Waals surface area contributed by atoms with Gasteiger partial charge in [-0.05, 0) is 31.9 Å². The molecule has 1 rings (SSSR count). The summed E-state index contributed by atoms with van der Waals surface area (Å²) in [6.07, 6.45) is 1.90. The van der Waals surface area contributed by atoms with E-state index in [4.69, 9.17) is 15.2 Å². The molecule has 3 nitrogen and oxygen atoms in total. The molecule has 0 aromatic heterocycles. The summed E-state index contributed by atoms with van der Waals surface area (Å²) in [7, 11) is 3.41. The molecule has 2 unspecified atom stereocenters. The number of hydrogen-bond donors (Lipinski definition) is 1. The zero-order chi connectivity index (χ0) is 14.4. The summed E-state index contributed by atoms with van der Waals surface area (Å²) in [6.45, 7) is 6.41. The van der Waals surface area contributed by atoms with Gasteiger partial charge in [0.05, 0.1) is 19.1 Å². The molecule has 0 saturated carbocycles. The van der Waals surface area contributed by atoms with Gasteiger partial charge in [-0.25, -0.2) is 0 Å². The molecule has 0 bridgehead atoms. The third-order valence-corrected chi connectivity index (χ3v) is 4.28. The Bertz CT molecular complexity index is 407. The smallest absolute Gasteiger partial charge is 0.135 e. The first-order chi connectivity index (χ1) is 9.01. The first kappa shape index (κ1) is 16.2. The van der Waals surface area contributed by atoms with E-state index in [0.29, 0.717) is 5.25 Å². The zero-order valence-corrected chi connectivity index (χ0v) is 13.3. The molecular formula is C15H25NO2S. The Balaban J connectivity index is 3.18. The van der Waals surface area contributed by atoms with E-state index in [1.165, 1.54) is 0 Å². The second-order valence-corrected chi connectivity index (χ2v) is 6.32. The number of ether oxygens (including phenoxy) is 2. The average Bonchev–Trinajstić information content (AvgIpc) is 2.37. The summed E-state index contributed by atoms with van der Waals surface area (Å²) in [6, 6.07) is 4.16. The predicted octanol–water partition coefficient (Wildman–Crippen LogP) is 3.48. The van der Waals surface area contributed by atoms with Crippen LogP contribution in [0.1, 0.15) is 32.8 Å². The van der Waals surface area contributed by atoms with Gasteiger partial charge in [0.2, 0.25) is 0 Å². The molecule has 0 spiro atoms. The molecule has 0 saturated heterocycles. The number of nitrogens with two attached hydrogens (primary N) is 1. The Morgan fingerprint density at radius 3 is 2.37 bits per heavy atom. The summed E-state index contributed by atoms with van der Waals surface area (Å²) >= 11 is 1.82. The number of hydrogen-bond acceptors (Lipinski definition) is 4. The summed E-state index contributed by atoms with van der Waals surface area (Å²) in [5.74, 6) is 1.80. The van der Waals surface area contributed by atoms with Crippen LogP contribution in [0.5, 0.6) is 11.5 Å². The molecule has 2 atom stereocenters. The summed E-state index contributed by atoms with van der Waals surface area (Å²) in [4.78, 5) is 1.13. The molecule has 19 heavy (non-hydrogen) atoms. The number of rotatable bonds is 7. The third-order valence-electron chi connectivity index (χ3n) is 2.99. The van der Waals surface area contributed by atoms with Crippen LogP contribution >= 0.6 is 11.8 Å². The highest BCUT2D eigenvalue weighted by Gasteiger charge is 2.15. The van der Waals surface area contributed by atoms with Gasteiger partial charge in [-0.15, -0.1) is 11.8 Å². The highest BCUT2D eigenvalue weighted by molar-refractivity contribution is 8.00. The maximum absolute atomic E-state index is 5.91. The predicted molar refractivity (Wildman–Crippen MR) is 82.5 cm³/mol. The van der Waals surface area contributed by atoms with E-state index in [2.05, 4.69) is 13.8 Å². The van der Waals surface area contributed by atoms with E-state index in [1.807, 2.05) is 30.8 Å². The van der Waals surface area contributed by atoms with Crippen molar-refractivity contribution in [2.24, 2.45) is 5.73 Å². The van der Waals surface area contributed by atoms with Gasteiger partial charge in [0.15, 0.2) is 0 Å². The lowest BCUT2D eigenvalue weighted by atomic mass is 10.1. The van der Waals surface area contributed by atoms with Crippen molar-refractivity contribution in [3.63, 3.8) is 0 Å². The first-order valence-corrected chi connectivity index (χ1v) is 7.56. The van der Waals surface area contributed by atoms with Crippen LogP contribution in [-0.2, 0) is 6.42 Å². The van der Waals surface area contributed by atoms with Gasteiger partial charge in [0.25, 0.3) is 0 Å². The van der Waals surface area contributed by atoms with Crippen molar-refractivity contribution in [1.29, 1.82) is 0 Å². The van der Waals surface area contributed by atoms with E-state index in [9.17, 15) is 0 Å². The fraction of sp³-hybridized carbons (Fsp3) is 0.600. The topological polar surface area (TPSA) is 44.5 Å². The van der Waals surface area contributed by atoms with Crippen LogP contribution in [0.2, 0.25) is 0 Å². The summed E-state index contributed by atoms with van der Waals surface area (Å²) in [5, 5.41) is 0.546. The van der Waals surface area contributed by atoms with Crippen LogP contribution in [0.3, 0.4) is 0 Å². The second-order valence-electron chi connectivity index (χ2n) is 4.84. The minimum atomic E-state index is 0.0995. The molecule has 0 fully saturated rings. The monoisotopic (exact) mass is 284 g/mol. The average molecular weight is 284 g/mol. The number of methoxy groups -OCH3 is 2. The fourth-order valence-corrected chi connectivity index (χ4v) is 2.97. The molecule has 2 N–H and O–H groups in total. The highest BCUT2D eigenvalue weighted by Crippen LogP contribution is 2.39. The minimum absolute atomic E-state index is 0.0995. The molecule has 0 radical (unpaired) electrons. The number of thioether (sulfide) groups is 1. The van der Waals surface area contributed by atoms with E-state index < -0.39 is 0 Å². The molecule has 108 valence electrons. The van der Waals surface area contributed by atoms with E-state index in [1.54, 1.807) is 14.2 Å². The standard InChI is InChI=1S/C15H25NO2S/c1-6-11(3)19-14-9-13(17-4)8-12(7-10(2)16)15(14)18-5/h8-11H,6-7,16H2,1-5H3/i8+1. The van der Waals surface area contributed by atoms with Gasteiger partial charge in [-0.2, -0.15) is 0 Å². The molecule has 1 aromatic rings. The molecule has 0 aliphatic rings. The van der Waals surface area contributed by atoms with Gasteiger partial charge in [0.1, 0.15) is 11.5 Å². The Kier molecular flexibility index (Phi) is 6.52. The zero-order valence-electron chi connectivity index (χ0n) is 12.5. The van der Waals surface area contributed by atoms with Crippen molar-refractivity contribution in [1.82, 2.24) is 0 Å². The quantitative estimate of drug-likeness (QED) is 0.779. The second kappa shape index (κ2) is 7.65. The molecule has 0 heterocycles. The van der Waals surface area contributed by atoms with Crippen molar-refractivity contribution in [3.8, 4) is 11.5 Å². The first-order valence-electron chi connectivity index (χ1n) is 6.68. The van der Waals surface area contributed by atoms with Crippen molar-refractivity contribution in [2.45, 2.75) is 49.8 Å². The maximum atomic E-state index is 5.91. The maximum Gasteiger partial charge on any atom is 0.135 e. The highest BCUT2D eigenvalue weighted by atomic mass is 32.2. The third kappa shape index (κ3) is 4.62. The normalized spacial score (nSPS) is 14.0. The molecule has 1 aromatic carbocycles. The van der Waals surface area contributed by atoms with Crippen LogP contribution in [-0.4, -0.2) is 25.5 Å². The van der Waals surface area contributed by atoms with Crippen LogP contribution in [0.4, 0.5) is 0 Å². The Labute approximate surface area is 120 Å². The SMILES string of the molecule is CCC(C)Sc1cc(OC)[13cH]c(CC(C)N)c1OC. The minimum Gasteiger partial charge on any atom is -0.497 e. The largest absolute Gasteiger partial charge is 0.497 e. The van der Waals surface area contributed by atoms with Crippen molar-refractivity contribution in [2.75, 3.05) is 14.2 Å². The molecule has 0 amide bonds. The van der Waals surface area contributed by atoms with E-state index in [0.717, 1.165) is 34.8 Å². The number of benzene rings is 1. The molecular weight excluding hydrogens is 259 g/mol. The van der Waals surface area contributed by atoms with Crippen molar-refractivity contribution in [3.05, 3.63) is 17.7 Å². The molecule has 0 aliphatic heterocycles. The van der Waals surface area contributed by atoms with Gasteiger partial charge in [-0.3, -0.25) is 0 Å². The van der Waals surface area contributed by atoms with Crippen LogP contribution in [0.15, 0.2) is 17.0 Å².